The second-order valence-electron chi connectivity index (χ2n) is 5.76. The Morgan fingerprint density at radius 1 is 1.21 bits per heavy atom. The minimum atomic E-state index is -4.66. The molecule has 0 bridgehead atoms. The van der Waals surface area contributed by atoms with E-state index in [1.165, 1.54) is 14.0 Å². The maximum absolute atomic E-state index is 14.1. The average molecular weight is 354 g/mol. The minimum Gasteiger partial charge on any atom is -0.329 e. The molecular formula is C15H16F6N2O. The third-order valence-corrected chi connectivity index (χ3v) is 4.29. The first kappa shape index (κ1) is 18.6. The molecule has 1 heterocycles. The molecule has 1 aliphatic heterocycles. The number of nitrogens with one attached hydrogen (secondary N) is 1. The van der Waals surface area contributed by atoms with Gasteiger partial charge in [-0.15, -0.1) is 0 Å². The van der Waals surface area contributed by atoms with Crippen LogP contribution in [-0.2, 0) is 4.79 Å². The highest BCUT2D eigenvalue weighted by atomic mass is 19.4. The number of hydrogen-bond donors (Lipinski definition) is 1. The molecule has 0 radical (unpaired) electrons. The molecular weight excluding hydrogens is 338 g/mol. The zero-order valence-corrected chi connectivity index (χ0v) is 12.9. The van der Waals surface area contributed by atoms with Crippen LogP contribution < -0.4 is 5.32 Å². The monoisotopic (exact) mass is 354 g/mol. The summed E-state index contributed by atoms with van der Waals surface area (Å²) in [7, 11) is 1.36. The van der Waals surface area contributed by atoms with Gasteiger partial charge in [-0.2, -0.15) is 13.2 Å². The number of benzene rings is 1. The molecule has 1 amide bonds. The Morgan fingerprint density at radius 3 is 2.33 bits per heavy atom. The summed E-state index contributed by atoms with van der Waals surface area (Å²) in [5, 5.41) is 2.55. The highest BCUT2D eigenvalue weighted by molar-refractivity contribution is 5.83. The second-order valence-corrected chi connectivity index (χ2v) is 5.76. The van der Waals surface area contributed by atoms with Crippen molar-refractivity contribution in [2.45, 2.75) is 37.5 Å². The first-order valence-electron chi connectivity index (χ1n) is 7.24. The van der Waals surface area contributed by atoms with E-state index in [0.717, 1.165) is 6.07 Å². The van der Waals surface area contributed by atoms with E-state index in [4.69, 9.17) is 0 Å². The number of likely N-dealkylation sites (tertiary alicyclic amines) is 1. The summed E-state index contributed by atoms with van der Waals surface area (Å²) < 4.78 is 79.8. The van der Waals surface area contributed by atoms with Crippen molar-refractivity contribution in [3.8, 4) is 0 Å². The van der Waals surface area contributed by atoms with Crippen LogP contribution in [-0.4, -0.2) is 42.7 Å². The summed E-state index contributed by atoms with van der Waals surface area (Å²) in [4.78, 5) is 12.7. The molecule has 0 saturated carbocycles. The molecule has 9 heteroatoms. The minimum absolute atomic E-state index is 0.137. The predicted octanol–water partition coefficient (Wildman–Crippen LogP) is 2.96. The van der Waals surface area contributed by atoms with Gasteiger partial charge in [-0.05, 0) is 32.5 Å². The van der Waals surface area contributed by atoms with Crippen LogP contribution in [0.5, 0.6) is 0 Å². The highest BCUT2D eigenvalue weighted by Gasteiger charge is 2.45. The Kier molecular flexibility index (Phi) is 5.12. The Morgan fingerprint density at radius 2 is 1.79 bits per heavy atom. The van der Waals surface area contributed by atoms with Crippen LogP contribution in [0.25, 0.3) is 0 Å². The molecule has 1 saturated heterocycles. The SMILES string of the molecule is CNC1CC(c2c(F)ccc(F)c2F)C(C)N(CC(F)(F)F)C1=O. The van der Waals surface area contributed by atoms with Crippen molar-refractivity contribution >= 4 is 5.91 Å². The summed E-state index contributed by atoms with van der Waals surface area (Å²) >= 11 is 0. The maximum Gasteiger partial charge on any atom is 0.406 e. The molecule has 3 atom stereocenters. The van der Waals surface area contributed by atoms with Gasteiger partial charge in [-0.25, -0.2) is 13.2 Å². The van der Waals surface area contributed by atoms with Crippen LogP contribution >= 0.6 is 0 Å². The molecule has 1 aliphatic rings. The summed E-state index contributed by atoms with van der Waals surface area (Å²) in [6.07, 6.45) is -4.80. The molecule has 0 aromatic heterocycles. The molecule has 1 fully saturated rings. The maximum atomic E-state index is 14.1. The van der Waals surface area contributed by atoms with E-state index in [1.54, 1.807) is 0 Å². The third-order valence-electron chi connectivity index (χ3n) is 4.29. The first-order chi connectivity index (χ1) is 11.1. The van der Waals surface area contributed by atoms with Crippen LogP contribution in [0, 0.1) is 17.5 Å². The van der Waals surface area contributed by atoms with E-state index >= 15 is 0 Å². The molecule has 2 rings (SSSR count). The van der Waals surface area contributed by atoms with Gasteiger partial charge >= 0.3 is 6.18 Å². The van der Waals surface area contributed by atoms with E-state index in [1.807, 2.05) is 0 Å². The lowest BCUT2D eigenvalue weighted by molar-refractivity contribution is -0.171. The summed E-state index contributed by atoms with van der Waals surface area (Å²) in [5.74, 6) is -5.71. The van der Waals surface area contributed by atoms with Gasteiger partial charge in [0, 0.05) is 17.5 Å². The van der Waals surface area contributed by atoms with Gasteiger partial charge in [0.25, 0.3) is 0 Å². The zero-order chi connectivity index (χ0) is 18.2. The number of carbonyl (C=O) groups is 1. The molecule has 3 nitrogen and oxygen atoms in total. The number of likely N-dealkylation sites (N-methyl/N-ethyl adjacent to an activating group) is 1. The van der Waals surface area contributed by atoms with Crippen LogP contribution in [0.3, 0.4) is 0 Å². The van der Waals surface area contributed by atoms with Gasteiger partial charge in [0.1, 0.15) is 12.4 Å². The van der Waals surface area contributed by atoms with E-state index in [0.29, 0.717) is 11.0 Å². The standard InChI is InChI=1S/C15H16F6N2O/c1-7-8(12-9(16)3-4-10(17)13(12)18)5-11(22-2)14(24)23(7)6-15(19,20)21/h3-4,7-8,11,22H,5-6H2,1-2H3. The lowest BCUT2D eigenvalue weighted by atomic mass is 9.81. The zero-order valence-electron chi connectivity index (χ0n) is 12.9. The van der Waals surface area contributed by atoms with Crippen molar-refractivity contribution in [2.24, 2.45) is 0 Å². The van der Waals surface area contributed by atoms with Crippen LogP contribution in [0.15, 0.2) is 12.1 Å². The van der Waals surface area contributed by atoms with Crippen LogP contribution in [0.2, 0.25) is 0 Å². The number of carbonyl (C=O) groups excluding carboxylic acids is 1. The van der Waals surface area contributed by atoms with Crippen molar-refractivity contribution in [1.82, 2.24) is 10.2 Å². The summed E-state index contributed by atoms with van der Waals surface area (Å²) in [5.41, 5.74) is -0.637. The van der Waals surface area contributed by atoms with E-state index in [2.05, 4.69) is 5.32 Å². The number of hydrogen-bond acceptors (Lipinski definition) is 2. The number of halogens is 6. The van der Waals surface area contributed by atoms with Crippen molar-refractivity contribution in [1.29, 1.82) is 0 Å². The molecule has 1 aromatic rings. The molecule has 3 unspecified atom stereocenters. The molecule has 0 aliphatic carbocycles. The lowest BCUT2D eigenvalue weighted by Crippen LogP contribution is -2.58. The Balaban J connectivity index is 2.47. The molecule has 0 spiro atoms. The second kappa shape index (κ2) is 6.62. The van der Waals surface area contributed by atoms with Gasteiger partial charge in [-0.3, -0.25) is 4.79 Å². The van der Waals surface area contributed by atoms with Gasteiger partial charge in [0.05, 0.1) is 6.04 Å². The number of rotatable bonds is 3. The van der Waals surface area contributed by atoms with E-state index < -0.39 is 59.6 Å². The number of piperidine rings is 1. The Labute approximate surface area is 134 Å². The van der Waals surface area contributed by atoms with Crippen LogP contribution in [0.1, 0.15) is 24.8 Å². The number of alkyl halides is 3. The molecule has 134 valence electrons. The highest BCUT2D eigenvalue weighted by Crippen LogP contribution is 2.37. The largest absolute Gasteiger partial charge is 0.406 e. The normalized spacial score (nSPS) is 25.2. The van der Waals surface area contributed by atoms with Gasteiger partial charge < -0.3 is 10.2 Å². The van der Waals surface area contributed by atoms with Crippen LogP contribution in [0.4, 0.5) is 26.3 Å². The van der Waals surface area contributed by atoms with E-state index in [9.17, 15) is 31.1 Å². The topological polar surface area (TPSA) is 32.3 Å². The Hall–Kier alpha value is -1.77. The van der Waals surface area contributed by atoms with Gasteiger partial charge in [0.2, 0.25) is 5.91 Å². The van der Waals surface area contributed by atoms with Crippen molar-refractivity contribution in [3.05, 3.63) is 35.1 Å². The summed E-state index contributed by atoms with van der Waals surface area (Å²) in [6.45, 7) is -0.274. The quantitative estimate of drug-likeness (QED) is 0.669. The Bertz CT molecular complexity index is 633. The van der Waals surface area contributed by atoms with Gasteiger partial charge in [-0.1, -0.05) is 0 Å². The fourth-order valence-corrected chi connectivity index (χ4v) is 3.07. The lowest BCUT2D eigenvalue weighted by Gasteiger charge is -2.43. The third kappa shape index (κ3) is 3.50. The summed E-state index contributed by atoms with van der Waals surface area (Å²) in [6, 6.07) is -0.861. The van der Waals surface area contributed by atoms with Crippen molar-refractivity contribution in [3.63, 3.8) is 0 Å². The average Bonchev–Trinajstić information content (AvgIpc) is 2.49. The fraction of sp³-hybridized carbons (Fsp3) is 0.533. The first-order valence-corrected chi connectivity index (χ1v) is 7.24. The van der Waals surface area contributed by atoms with E-state index in [-0.39, 0.29) is 6.42 Å². The smallest absolute Gasteiger partial charge is 0.329 e. The molecule has 1 N–H and O–H groups in total. The van der Waals surface area contributed by atoms with Crippen molar-refractivity contribution < 1.29 is 31.1 Å². The fourth-order valence-electron chi connectivity index (χ4n) is 3.07. The molecule has 24 heavy (non-hydrogen) atoms. The molecule has 1 aromatic carbocycles. The van der Waals surface area contributed by atoms with Gasteiger partial charge in [0.15, 0.2) is 11.6 Å². The number of amides is 1. The number of nitrogens with zero attached hydrogens (tertiary/aromatic N) is 1. The predicted molar refractivity (Wildman–Crippen MR) is 73.8 cm³/mol. The van der Waals surface area contributed by atoms with Crippen molar-refractivity contribution in [2.75, 3.05) is 13.6 Å².